The van der Waals surface area contributed by atoms with E-state index in [0.29, 0.717) is 32.7 Å². The molecule has 0 saturated carbocycles. The molecule has 1 unspecified atom stereocenters. The molecule has 0 aromatic carbocycles. The number of carbonyl (C=O) groups is 2. The molecule has 6 nitrogen and oxygen atoms in total. The molecule has 2 N–H and O–H groups in total. The minimum absolute atomic E-state index is 0.0824. The summed E-state index contributed by atoms with van der Waals surface area (Å²) in [5.74, 6) is -1.18. The Morgan fingerprint density at radius 3 is 2.56 bits per heavy atom. The second-order valence-corrected chi connectivity index (χ2v) is 4.55. The summed E-state index contributed by atoms with van der Waals surface area (Å²) in [5.41, 5.74) is -0.702. The molecule has 104 valence electrons. The molecule has 18 heavy (non-hydrogen) atoms. The fourth-order valence-corrected chi connectivity index (χ4v) is 2.09. The summed E-state index contributed by atoms with van der Waals surface area (Å²) >= 11 is 0. The largest absolute Gasteiger partial charge is 0.481 e. The van der Waals surface area contributed by atoms with Crippen molar-refractivity contribution in [3.63, 3.8) is 0 Å². The van der Waals surface area contributed by atoms with Crippen molar-refractivity contribution in [2.24, 2.45) is 0 Å². The van der Waals surface area contributed by atoms with Crippen LogP contribution in [0.2, 0.25) is 0 Å². The predicted molar refractivity (Wildman–Crippen MR) is 64.3 cm³/mol. The number of aliphatic carboxylic acids is 1. The van der Waals surface area contributed by atoms with Crippen molar-refractivity contribution in [3.8, 4) is 0 Å². The van der Waals surface area contributed by atoms with Crippen LogP contribution in [0, 0.1) is 0 Å². The van der Waals surface area contributed by atoms with E-state index in [4.69, 9.17) is 14.6 Å². The van der Waals surface area contributed by atoms with E-state index in [1.807, 2.05) is 6.92 Å². The summed E-state index contributed by atoms with van der Waals surface area (Å²) in [7, 11) is 0. The van der Waals surface area contributed by atoms with Crippen molar-refractivity contribution >= 4 is 11.9 Å². The fourth-order valence-electron chi connectivity index (χ4n) is 2.09. The van der Waals surface area contributed by atoms with Crippen LogP contribution >= 0.6 is 0 Å². The van der Waals surface area contributed by atoms with Crippen LogP contribution in [0.4, 0.5) is 0 Å². The zero-order chi connectivity index (χ0) is 13.6. The van der Waals surface area contributed by atoms with Crippen LogP contribution in [0.3, 0.4) is 0 Å². The average Bonchev–Trinajstić information content (AvgIpc) is 2.29. The topological polar surface area (TPSA) is 84.9 Å². The van der Waals surface area contributed by atoms with Crippen molar-refractivity contribution in [2.45, 2.75) is 44.8 Å². The van der Waals surface area contributed by atoms with Gasteiger partial charge in [-0.1, -0.05) is 0 Å². The monoisotopic (exact) mass is 259 g/mol. The zero-order valence-electron chi connectivity index (χ0n) is 10.9. The van der Waals surface area contributed by atoms with Gasteiger partial charge in [0.1, 0.15) is 6.10 Å². The Morgan fingerprint density at radius 1 is 1.44 bits per heavy atom. The predicted octanol–water partition coefficient (Wildman–Crippen LogP) is 0.551. The molecule has 0 radical (unpaired) electrons. The molecule has 1 saturated heterocycles. The highest BCUT2D eigenvalue weighted by Crippen LogP contribution is 2.24. The van der Waals surface area contributed by atoms with Crippen LogP contribution in [-0.4, -0.2) is 48.4 Å². The highest BCUT2D eigenvalue weighted by atomic mass is 16.5. The van der Waals surface area contributed by atoms with Gasteiger partial charge in [0, 0.05) is 19.8 Å². The first-order chi connectivity index (χ1) is 8.49. The highest BCUT2D eigenvalue weighted by Gasteiger charge is 2.37. The Kier molecular flexibility index (Phi) is 5.55. The van der Waals surface area contributed by atoms with E-state index in [0.717, 1.165) is 0 Å². The van der Waals surface area contributed by atoms with Gasteiger partial charge in [0.15, 0.2) is 0 Å². The molecule has 0 aromatic heterocycles. The van der Waals surface area contributed by atoms with Crippen LogP contribution in [0.15, 0.2) is 0 Å². The number of nitrogens with one attached hydrogen (secondary N) is 1. The summed E-state index contributed by atoms with van der Waals surface area (Å²) in [6, 6.07) is 0. The van der Waals surface area contributed by atoms with Crippen LogP contribution < -0.4 is 5.32 Å². The van der Waals surface area contributed by atoms with Crippen LogP contribution in [0.25, 0.3) is 0 Å². The molecule has 0 spiro atoms. The summed E-state index contributed by atoms with van der Waals surface area (Å²) in [6.45, 7) is 4.86. The molecule has 1 amide bonds. The van der Waals surface area contributed by atoms with Gasteiger partial charge >= 0.3 is 5.97 Å². The molecule has 1 aliphatic rings. The Hall–Kier alpha value is -1.14. The normalized spacial score (nSPS) is 20.1. The standard InChI is InChI=1S/C12H21NO5/c1-3-18-9(2)11(16)13-12(8-10(14)15)4-6-17-7-5-12/h9H,3-8H2,1-2H3,(H,13,16)(H,14,15). The number of rotatable bonds is 6. The van der Waals surface area contributed by atoms with Gasteiger partial charge in [-0.15, -0.1) is 0 Å². The first-order valence-corrected chi connectivity index (χ1v) is 6.22. The number of amides is 1. The van der Waals surface area contributed by atoms with Crippen molar-refractivity contribution in [3.05, 3.63) is 0 Å². The maximum Gasteiger partial charge on any atom is 0.305 e. The van der Waals surface area contributed by atoms with E-state index in [2.05, 4.69) is 5.32 Å². The minimum Gasteiger partial charge on any atom is -0.481 e. The quantitative estimate of drug-likeness (QED) is 0.727. The summed E-state index contributed by atoms with van der Waals surface area (Å²) in [6.07, 6.45) is 0.387. The highest BCUT2D eigenvalue weighted by molar-refractivity contribution is 5.82. The molecule has 1 fully saturated rings. The maximum absolute atomic E-state index is 11.9. The molecule has 6 heteroatoms. The number of carboxylic acids is 1. The van der Waals surface area contributed by atoms with Crippen molar-refractivity contribution < 1.29 is 24.2 Å². The second kappa shape index (κ2) is 6.70. The number of hydrogen-bond acceptors (Lipinski definition) is 4. The Morgan fingerprint density at radius 2 is 2.06 bits per heavy atom. The third kappa shape index (κ3) is 4.27. The van der Waals surface area contributed by atoms with E-state index in [9.17, 15) is 9.59 Å². The molecule has 0 bridgehead atoms. The van der Waals surface area contributed by atoms with Gasteiger partial charge in [-0.25, -0.2) is 0 Å². The average molecular weight is 259 g/mol. The second-order valence-electron chi connectivity index (χ2n) is 4.55. The summed E-state index contributed by atoms with van der Waals surface area (Å²) in [4.78, 5) is 22.8. The molecule has 1 rings (SSSR count). The Labute approximate surface area is 107 Å². The van der Waals surface area contributed by atoms with Crippen molar-refractivity contribution in [1.82, 2.24) is 5.32 Å². The zero-order valence-corrected chi connectivity index (χ0v) is 10.9. The van der Waals surface area contributed by atoms with Crippen LogP contribution in [0.5, 0.6) is 0 Å². The summed E-state index contributed by atoms with van der Waals surface area (Å²) in [5, 5.41) is 11.8. The van der Waals surface area contributed by atoms with Crippen LogP contribution in [0.1, 0.15) is 33.1 Å². The lowest BCUT2D eigenvalue weighted by molar-refractivity contribution is -0.142. The number of carbonyl (C=O) groups excluding carboxylic acids is 1. The minimum atomic E-state index is -0.915. The van der Waals surface area contributed by atoms with E-state index < -0.39 is 17.6 Å². The third-order valence-electron chi connectivity index (χ3n) is 3.11. The number of carboxylic acid groups (broad SMARTS) is 1. The van der Waals surface area contributed by atoms with E-state index in [-0.39, 0.29) is 12.3 Å². The molecular formula is C12H21NO5. The summed E-state index contributed by atoms with van der Waals surface area (Å²) < 4.78 is 10.4. The third-order valence-corrected chi connectivity index (χ3v) is 3.11. The molecule has 0 aliphatic carbocycles. The van der Waals surface area contributed by atoms with Crippen LogP contribution in [-0.2, 0) is 19.1 Å². The van der Waals surface area contributed by atoms with Gasteiger partial charge in [0.2, 0.25) is 5.91 Å². The molecule has 0 aromatic rings. The number of hydrogen-bond donors (Lipinski definition) is 2. The van der Waals surface area contributed by atoms with Gasteiger partial charge in [-0.2, -0.15) is 0 Å². The van der Waals surface area contributed by atoms with E-state index in [1.54, 1.807) is 6.92 Å². The lowest BCUT2D eigenvalue weighted by Crippen LogP contribution is -2.55. The lowest BCUT2D eigenvalue weighted by Gasteiger charge is -2.37. The Balaban J connectivity index is 2.66. The molecular weight excluding hydrogens is 238 g/mol. The van der Waals surface area contributed by atoms with Gasteiger partial charge in [-0.3, -0.25) is 9.59 Å². The first kappa shape index (κ1) is 14.9. The van der Waals surface area contributed by atoms with Gasteiger partial charge < -0.3 is 19.9 Å². The maximum atomic E-state index is 11.9. The molecule has 1 heterocycles. The smallest absolute Gasteiger partial charge is 0.305 e. The van der Waals surface area contributed by atoms with Crippen molar-refractivity contribution in [2.75, 3.05) is 19.8 Å². The Bertz CT molecular complexity index is 299. The number of ether oxygens (including phenoxy) is 2. The van der Waals surface area contributed by atoms with E-state index in [1.165, 1.54) is 0 Å². The molecule has 1 aliphatic heterocycles. The van der Waals surface area contributed by atoms with Gasteiger partial charge in [0.25, 0.3) is 0 Å². The first-order valence-electron chi connectivity index (χ1n) is 6.22. The van der Waals surface area contributed by atoms with E-state index >= 15 is 0 Å². The fraction of sp³-hybridized carbons (Fsp3) is 0.833. The lowest BCUT2D eigenvalue weighted by atomic mass is 9.86. The molecule has 1 atom stereocenters. The SMILES string of the molecule is CCOC(C)C(=O)NC1(CC(=O)O)CCOCC1. The van der Waals surface area contributed by atoms with Gasteiger partial charge in [-0.05, 0) is 26.7 Å². The van der Waals surface area contributed by atoms with Crippen molar-refractivity contribution in [1.29, 1.82) is 0 Å². The van der Waals surface area contributed by atoms with Gasteiger partial charge in [0.05, 0.1) is 12.0 Å².